The topological polar surface area (TPSA) is 20.2 Å². The molecule has 0 fully saturated rings. The van der Waals surface area contributed by atoms with E-state index in [1.807, 2.05) is 0 Å². The van der Waals surface area contributed by atoms with Crippen molar-refractivity contribution in [2.24, 2.45) is 0 Å². The lowest BCUT2D eigenvalue weighted by atomic mass is 10.1. The van der Waals surface area contributed by atoms with Crippen molar-refractivity contribution < 1.29 is 5.11 Å². The highest BCUT2D eigenvalue weighted by atomic mass is 16.2. The van der Waals surface area contributed by atoms with Crippen LogP contribution in [0.2, 0.25) is 0 Å². The largest absolute Gasteiger partial charge is 0.396 e. The van der Waals surface area contributed by atoms with Crippen molar-refractivity contribution in [3.63, 3.8) is 0 Å². The van der Waals surface area contributed by atoms with Gasteiger partial charge in [-0.2, -0.15) is 0 Å². The van der Waals surface area contributed by atoms with Crippen LogP contribution in [0.1, 0.15) is 71.1 Å². The fourth-order valence-corrected chi connectivity index (χ4v) is 1.85. The van der Waals surface area contributed by atoms with E-state index in [9.17, 15) is 0 Å². The molecule has 0 unspecified atom stereocenters. The third-order valence-corrected chi connectivity index (χ3v) is 2.93. The summed E-state index contributed by atoms with van der Waals surface area (Å²) >= 11 is 0. The average molecular weight is 238 g/mol. The summed E-state index contributed by atoms with van der Waals surface area (Å²) in [7, 11) is 0. The highest BCUT2D eigenvalue weighted by Gasteiger charge is 1.90. The molecule has 0 aromatic rings. The molecule has 0 bridgehead atoms. The van der Waals surface area contributed by atoms with E-state index in [4.69, 9.17) is 5.11 Å². The molecule has 0 amide bonds. The number of aliphatic hydroxyl groups excluding tert-OH is 1. The van der Waals surface area contributed by atoms with Gasteiger partial charge in [0.1, 0.15) is 0 Å². The van der Waals surface area contributed by atoms with Crippen molar-refractivity contribution in [1.29, 1.82) is 0 Å². The molecule has 0 atom stereocenters. The molecule has 0 saturated carbocycles. The Hall–Kier alpha value is -0.560. The zero-order valence-corrected chi connectivity index (χ0v) is 11.5. The fraction of sp³-hybridized carbons (Fsp3) is 0.750. The summed E-state index contributed by atoms with van der Waals surface area (Å²) in [5.74, 6) is 0. The van der Waals surface area contributed by atoms with E-state index in [1.165, 1.54) is 57.8 Å². The standard InChI is InChI=1S/C16H30O/c1-2-3-4-5-6-7-8-9-10-11-12-13-14-15-16-17/h2-3,6-7,17H,4-5,8-16H2,1H3/b3-2+,7-6+. The minimum absolute atomic E-state index is 0.359. The van der Waals surface area contributed by atoms with Crippen LogP contribution in [0, 0.1) is 0 Å². The maximum Gasteiger partial charge on any atom is 0.0431 e. The highest BCUT2D eigenvalue weighted by Crippen LogP contribution is 2.08. The summed E-state index contributed by atoms with van der Waals surface area (Å²) < 4.78 is 0. The van der Waals surface area contributed by atoms with E-state index in [0.29, 0.717) is 6.61 Å². The highest BCUT2D eigenvalue weighted by molar-refractivity contribution is 4.86. The molecule has 17 heavy (non-hydrogen) atoms. The second kappa shape index (κ2) is 15.4. The Morgan fingerprint density at radius 1 is 0.647 bits per heavy atom. The Labute approximate surface area is 108 Å². The molecule has 1 heteroatoms. The predicted octanol–water partition coefficient (Wildman–Crippen LogP) is 5.01. The number of hydrogen-bond acceptors (Lipinski definition) is 1. The molecule has 1 N–H and O–H groups in total. The van der Waals surface area contributed by atoms with Gasteiger partial charge in [-0.15, -0.1) is 0 Å². The van der Waals surface area contributed by atoms with Crippen LogP contribution in [0.5, 0.6) is 0 Å². The van der Waals surface area contributed by atoms with Gasteiger partial charge in [0.05, 0.1) is 0 Å². The van der Waals surface area contributed by atoms with Crippen molar-refractivity contribution in [3.8, 4) is 0 Å². The van der Waals surface area contributed by atoms with Crippen LogP contribution >= 0.6 is 0 Å². The Morgan fingerprint density at radius 3 is 1.82 bits per heavy atom. The van der Waals surface area contributed by atoms with Gasteiger partial charge < -0.3 is 5.11 Å². The van der Waals surface area contributed by atoms with Gasteiger partial charge in [0.2, 0.25) is 0 Å². The van der Waals surface area contributed by atoms with Gasteiger partial charge in [0.15, 0.2) is 0 Å². The molecule has 0 aliphatic carbocycles. The lowest BCUT2D eigenvalue weighted by Crippen LogP contribution is -1.83. The first-order chi connectivity index (χ1) is 8.41. The Morgan fingerprint density at radius 2 is 1.18 bits per heavy atom. The van der Waals surface area contributed by atoms with Crippen LogP contribution in [-0.4, -0.2) is 11.7 Å². The molecule has 0 spiro atoms. The molecule has 0 radical (unpaired) electrons. The van der Waals surface area contributed by atoms with E-state index < -0.39 is 0 Å². The van der Waals surface area contributed by atoms with Crippen molar-refractivity contribution in [3.05, 3.63) is 24.3 Å². The Balaban J connectivity index is 3.02. The number of allylic oxidation sites excluding steroid dienone is 4. The SMILES string of the molecule is C/C=C/CC/C=C/CCCCCCCCCO. The predicted molar refractivity (Wildman–Crippen MR) is 77.2 cm³/mol. The number of unbranched alkanes of at least 4 members (excludes halogenated alkanes) is 8. The third kappa shape index (κ3) is 15.4. The second-order valence-corrected chi connectivity index (χ2v) is 4.60. The molecule has 0 aromatic heterocycles. The summed E-state index contributed by atoms with van der Waals surface area (Å²) in [6.45, 7) is 2.43. The summed E-state index contributed by atoms with van der Waals surface area (Å²) in [6, 6.07) is 0. The van der Waals surface area contributed by atoms with Gasteiger partial charge >= 0.3 is 0 Å². The first kappa shape index (κ1) is 16.4. The zero-order valence-electron chi connectivity index (χ0n) is 11.5. The quantitative estimate of drug-likeness (QED) is 0.374. The maximum atomic E-state index is 8.63. The van der Waals surface area contributed by atoms with Crippen molar-refractivity contribution in [2.45, 2.75) is 71.1 Å². The van der Waals surface area contributed by atoms with Gasteiger partial charge in [-0.3, -0.25) is 0 Å². The molecule has 0 saturated heterocycles. The van der Waals surface area contributed by atoms with Crippen LogP contribution in [0.25, 0.3) is 0 Å². The average Bonchev–Trinajstić information content (AvgIpc) is 2.35. The molecule has 0 aliphatic rings. The van der Waals surface area contributed by atoms with E-state index in [0.717, 1.165) is 6.42 Å². The van der Waals surface area contributed by atoms with Crippen molar-refractivity contribution >= 4 is 0 Å². The minimum atomic E-state index is 0.359. The van der Waals surface area contributed by atoms with Crippen molar-refractivity contribution in [1.82, 2.24) is 0 Å². The first-order valence-electron chi connectivity index (χ1n) is 7.28. The molecule has 1 nitrogen and oxygen atoms in total. The van der Waals surface area contributed by atoms with Crippen LogP contribution in [0.4, 0.5) is 0 Å². The van der Waals surface area contributed by atoms with E-state index in [1.54, 1.807) is 0 Å². The number of aliphatic hydroxyl groups is 1. The smallest absolute Gasteiger partial charge is 0.0431 e. The molecule has 0 rings (SSSR count). The van der Waals surface area contributed by atoms with Gasteiger partial charge in [-0.1, -0.05) is 56.4 Å². The molecule has 0 aliphatic heterocycles. The molecule has 0 heterocycles. The molecular formula is C16H30O. The van der Waals surface area contributed by atoms with Gasteiger partial charge in [-0.25, -0.2) is 0 Å². The summed E-state index contributed by atoms with van der Waals surface area (Å²) in [6.07, 6.45) is 21.4. The van der Waals surface area contributed by atoms with E-state index in [-0.39, 0.29) is 0 Å². The van der Waals surface area contributed by atoms with Crippen LogP contribution in [-0.2, 0) is 0 Å². The van der Waals surface area contributed by atoms with E-state index >= 15 is 0 Å². The summed E-state index contributed by atoms with van der Waals surface area (Å²) in [5.41, 5.74) is 0. The van der Waals surface area contributed by atoms with Crippen molar-refractivity contribution in [2.75, 3.05) is 6.61 Å². The monoisotopic (exact) mass is 238 g/mol. The van der Waals surface area contributed by atoms with Gasteiger partial charge in [0.25, 0.3) is 0 Å². The lowest BCUT2D eigenvalue weighted by molar-refractivity contribution is 0.282. The van der Waals surface area contributed by atoms with Gasteiger partial charge in [-0.05, 0) is 39.0 Å². The maximum absolute atomic E-state index is 8.63. The minimum Gasteiger partial charge on any atom is -0.396 e. The van der Waals surface area contributed by atoms with Crippen LogP contribution in [0.15, 0.2) is 24.3 Å². The van der Waals surface area contributed by atoms with Gasteiger partial charge in [0, 0.05) is 6.61 Å². The number of rotatable bonds is 12. The summed E-state index contributed by atoms with van der Waals surface area (Å²) in [4.78, 5) is 0. The number of hydrogen-bond donors (Lipinski definition) is 1. The first-order valence-corrected chi connectivity index (χ1v) is 7.28. The zero-order chi connectivity index (χ0) is 12.6. The Bertz CT molecular complexity index is 182. The molecule has 0 aromatic carbocycles. The lowest BCUT2D eigenvalue weighted by Gasteiger charge is -1.99. The summed E-state index contributed by atoms with van der Waals surface area (Å²) in [5, 5.41) is 8.63. The fourth-order valence-electron chi connectivity index (χ4n) is 1.85. The Kier molecular flexibility index (Phi) is 14.9. The molecular weight excluding hydrogens is 208 g/mol. The second-order valence-electron chi connectivity index (χ2n) is 4.60. The normalized spacial score (nSPS) is 11.9. The van der Waals surface area contributed by atoms with Crippen LogP contribution < -0.4 is 0 Å². The molecule has 100 valence electrons. The van der Waals surface area contributed by atoms with E-state index in [2.05, 4.69) is 31.2 Å². The third-order valence-electron chi connectivity index (χ3n) is 2.93. The van der Waals surface area contributed by atoms with Crippen LogP contribution in [0.3, 0.4) is 0 Å².